The van der Waals surface area contributed by atoms with Crippen LogP contribution in [0, 0.1) is 6.92 Å². The molecule has 0 aliphatic rings. The first-order chi connectivity index (χ1) is 12.1. The fourth-order valence-corrected chi connectivity index (χ4v) is 2.28. The van der Waals surface area contributed by atoms with Crippen molar-refractivity contribution in [2.45, 2.75) is 13.5 Å². The average molecular weight is 338 g/mol. The molecule has 1 aromatic carbocycles. The van der Waals surface area contributed by atoms with Gasteiger partial charge >= 0.3 is 5.97 Å². The van der Waals surface area contributed by atoms with E-state index < -0.39 is 0 Å². The molecule has 2 N–H and O–H groups in total. The molecule has 3 aromatic rings. The summed E-state index contributed by atoms with van der Waals surface area (Å²) in [6, 6.07) is 12.6. The average Bonchev–Trinajstić information content (AvgIpc) is 3.12. The molecule has 0 spiro atoms. The summed E-state index contributed by atoms with van der Waals surface area (Å²) in [6.45, 7) is 2.38. The van der Waals surface area contributed by atoms with Gasteiger partial charge in [-0.2, -0.15) is 4.98 Å². The van der Waals surface area contributed by atoms with Crippen molar-refractivity contribution in [1.29, 1.82) is 0 Å². The second kappa shape index (κ2) is 7.48. The zero-order valence-electron chi connectivity index (χ0n) is 13.9. The minimum absolute atomic E-state index is 0.386. The second-order valence-corrected chi connectivity index (χ2v) is 5.35. The van der Waals surface area contributed by atoms with E-state index >= 15 is 0 Å². The van der Waals surface area contributed by atoms with Gasteiger partial charge in [-0.25, -0.2) is 9.78 Å². The Kier molecular flexibility index (Phi) is 4.94. The maximum atomic E-state index is 11.6. The molecule has 0 bridgehead atoms. The Bertz CT molecular complexity index is 863. The Balaban J connectivity index is 1.75. The summed E-state index contributed by atoms with van der Waals surface area (Å²) >= 11 is 0. The number of aromatic nitrogens is 2. The first kappa shape index (κ1) is 16.5. The molecule has 0 unspecified atom stereocenters. The van der Waals surface area contributed by atoms with Crippen LogP contribution in [0.2, 0.25) is 0 Å². The van der Waals surface area contributed by atoms with Gasteiger partial charge in [0.1, 0.15) is 11.6 Å². The predicted molar refractivity (Wildman–Crippen MR) is 93.9 cm³/mol. The number of hydrogen-bond acceptors (Lipinski definition) is 7. The standard InChI is InChI=1S/C18H18N4O3/c1-12-9-16(21-14-6-3-5-13(10-14)17(23)24-2)22-18(20-12)19-11-15-7-4-8-25-15/h3-10H,11H2,1-2H3,(H2,19,20,21,22). The van der Waals surface area contributed by atoms with E-state index in [0.717, 1.165) is 17.1 Å². The lowest BCUT2D eigenvalue weighted by Gasteiger charge is -2.10. The SMILES string of the molecule is COC(=O)c1cccc(Nc2cc(C)nc(NCc3ccco3)n2)c1. The number of ether oxygens (including phenoxy) is 1. The van der Waals surface area contributed by atoms with Crippen LogP contribution in [0.4, 0.5) is 17.5 Å². The fraction of sp³-hybridized carbons (Fsp3) is 0.167. The minimum atomic E-state index is -0.386. The number of hydrogen-bond donors (Lipinski definition) is 2. The van der Waals surface area contributed by atoms with Gasteiger partial charge in [-0.3, -0.25) is 0 Å². The van der Waals surface area contributed by atoms with Crippen molar-refractivity contribution >= 4 is 23.4 Å². The summed E-state index contributed by atoms with van der Waals surface area (Å²) in [4.78, 5) is 20.4. The van der Waals surface area contributed by atoms with Crippen molar-refractivity contribution in [3.63, 3.8) is 0 Å². The van der Waals surface area contributed by atoms with Crippen molar-refractivity contribution in [1.82, 2.24) is 9.97 Å². The number of benzene rings is 1. The highest BCUT2D eigenvalue weighted by Crippen LogP contribution is 2.19. The maximum Gasteiger partial charge on any atom is 0.337 e. The molecule has 25 heavy (non-hydrogen) atoms. The van der Waals surface area contributed by atoms with Crippen LogP contribution in [-0.4, -0.2) is 23.0 Å². The van der Waals surface area contributed by atoms with Crippen molar-refractivity contribution < 1.29 is 13.9 Å². The number of nitrogens with one attached hydrogen (secondary N) is 2. The topological polar surface area (TPSA) is 89.3 Å². The lowest BCUT2D eigenvalue weighted by molar-refractivity contribution is 0.0601. The smallest absolute Gasteiger partial charge is 0.337 e. The Hall–Kier alpha value is -3.35. The Morgan fingerprint density at radius 1 is 1.20 bits per heavy atom. The van der Waals surface area contributed by atoms with E-state index in [1.807, 2.05) is 31.2 Å². The predicted octanol–water partition coefficient (Wildman–Crippen LogP) is 3.52. The van der Waals surface area contributed by atoms with Crippen molar-refractivity contribution in [3.05, 3.63) is 65.7 Å². The third-order valence-corrected chi connectivity index (χ3v) is 3.41. The van der Waals surface area contributed by atoms with E-state index in [1.165, 1.54) is 7.11 Å². The van der Waals surface area contributed by atoms with Gasteiger partial charge in [0.2, 0.25) is 5.95 Å². The van der Waals surface area contributed by atoms with Gasteiger partial charge in [0.15, 0.2) is 0 Å². The number of nitrogens with zero attached hydrogens (tertiary/aromatic N) is 2. The van der Waals surface area contributed by atoms with Gasteiger partial charge in [0, 0.05) is 17.4 Å². The zero-order chi connectivity index (χ0) is 17.6. The normalized spacial score (nSPS) is 10.3. The summed E-state index contributed by atoms with van der Waals surface area (Å²) in [6.07, 6.45) is 1.62. The quantitative estimate of drug-likeness (QED) is 0.665. The van der Waals surface area contributed by atoms with Crippen molar-refractivity contribution in [2.75, 3.05) is 17.7 Å². The highest BCUT2D eigenvalue weighted by atomic mass is 16.5. The summed E-state index contributed by atoms with van der Waals surface area (Å²) in [5.74, 6) is 1.52. The van der Waals surface area contributed by atoms with Gasteiger partial charge in [-0.1, -0.05) is 6.07 Å². The minimum Gasteiger partial charge on any atom is -0.467 e. The highest BCUT2D eigenvalue weighted by Gasteiger charge is 2.07. The molecule has 0 saturated carbocycles. The molecule has 7 heteroatoms. The fourth-order valence-electron chi connectivity index (χ4n) is 2.28. The maximum absolute atomic E-state index is 11.6. The summed E-state index contributed by atoms with van der Waals surface area (Å²) < 4.78 is 10.0. The van der Waals surface area contributed by atoms with E-state index in [4.69, 9.17) is 9.15 Å². The first-order valence-electron chi connectivity index (χ1n) is 7.71. The van der Waals surface area contributed by atoms with E-state index in [-0.39, 0.29) is 5.97 Å². The lowest BCUT2D eigenvalue weighted by atomic mass is 10.2. The first-order valence-corrected chi connectivity index (χ1v) is 7.71. The number of rotatable bonds is 6. The summed E-state index contributed by atoms with van der Waals surface area (Å²) in [5.41, 5.74) is 2.01. The number of aryl methyl sites for hydroxylation is 1. The number of esters is 1. The highest BCUT2D eigenvalue weighted by molar-refractivity contribution is 5.90. The Labute approximate surface area is 145 Å². The van der Waals surface area contributed by atoms with E-state index in [0.29, 0.717) is 23.9 Å². The van der Waals surface area contributed by atoms with Crippen LogP contribution >= 0.6 is 0 Å². The van der Waals surface area contributed by atoms with Crippen LogP contribution in [0.25, 0.3) is 0 Å². The van der Waals surface area contributed by atoms with E-state index in [9.17, 15) is 4.79 Å². The molecule has 0 amide bonds. The second-order valence-electron chi connectivity index (χ2n) is 5.35. The number of carbonyl (C=O) groups excluding carboxylic acids is 1. The van der Waals surface area contributed by atoms with Crippen molar-refractivity contribution in [2.24, 2.45) is 0 Å². The number of methoxy groups -OCH3 is 1. The Morgan fingerprint density at radius 2 is 2.08 bits per heavy atom. The van der Waals surface area contributed by atoms with Crippen LogP contribution in [0.5, 0.6) is 0 Å². The van der Waals surface area contributed by atoms with Crippen LogP contribution in [0.1, 0.15) is 21.8 Å². The molecule has 0 atom stereocenters. The van der Waals surface area contributed by atoms with Gasteiger partial charge in [0.25, 0.3) is 0 Å². The molecule has 0 saturated heterocycles. The van der Waals surface area contributed by atoms with Crippen LogP contribution < -0.4 is 10.6 Å². The van der Waals surface area contributed by atoms with Crippen LogP contribution in [-0.2, 0) is 11.3 Å². The third-order valence-electron chi connectivity index (χ3n) is 3.41. The molecule has 128 valence electrons. The third kappa shape index (κ3) is 4.35. The van der Waals surface area contributed by atoms with Crippen molar-refractivity contribution in [3.8, 4) is 0 Å². The molecular weight excluding hydrogens is 320 g/mol. The number of furan rings is 1. The molecule has 0 aliphatic heterocycles. The molecule has 3 rings (SSSR count). The monoisotopic (exact) mass is 338 g/mol. The van der Waals surface area contributed by atoms with Crippen LogP contribution in [0.15, 0.2) is 53.1 Å². The van der Waals surface area contributed by atoms with Gasteiger partial charge in [0.05, 0.1) is 25.5 Å². The van der Waals surface area contributed by atoms with Gasteiger partial charge < -0.3 is 19.8 Å². The molecule has 0 aliphatic carbocycles. The zero-order valence-corrected chi connectivity index (χ0v) is 13.9. The number of carbonyl (C=O) groups is 1. The molecular formula is C18H18N4O3. The van der Waals surface area contributed by atoms with E-state index in [2.05, 4.69) is 20.6 Å². The van der Waals surface area contributed by atoms with Gasteiger partial charge in [-0.05, 0) is 37.3 Å². The molecule has 0 radical (unpaired) electrons. The largest absolute Gasteiger partial charge is 0.467 e. The molecule has 0 fully saturated rings. The van der Waals surface area contributed by atoms with E-state index in [1.54, 1.807) is 24.5 Å². The molecule has 7 nitrogen and oxygen atoms in total. The lowest BCUT2D eigenvalue weighted by Crippen LogP contribution is -2.06. The summed E-state index contributed by atoms with van der Waals surface area (Å²) in [7, 11) is 1.35. The Morgan fingerprint density at radius 3 is 2.84 bits per heavy atom. The van der Waals surface area contributed by atoms with Gasteiger partial charge in [-0.15, -0.1) is 0 Å². The molecule has 2 heterocycles. The number of anilines is 3. The van der Waals surface area contributed by atoms with Crippen LogP contribution in [0.3, 0.4) is 0 Å². The summed E-state index contributed by atoms with van der Waals surface area (Å²) in [5, 5.41) is 6.30. The molecule has 2 aromatic heterocycles.